The highest BCUT2D eigenvalue weighted by atomic mass is 32.1. The smallest absolute Gasteiger partial charge is 0.354 e. The molecule has 0 aliphatic heterocycles. The van der Waals surface area contributed by atoms with Gasteiger partial charge in [-0.15, -0.1) is 0 Å². The number of nitrogens with zero attached hydrogens (tertiary/aromatic N) is 1. The van der Waals surface area contributed by atoms with Crippen molar-refractivity contribution in [3.8, 4) is 0 Å². The van der Waals surface area contributed by atoms with Crippen LogP contribution in [0.4, 0.5) is 0 Å². The van der Waals surface area contributed by atoms with E-state index in [-0.39, 0.29) is 0 Å². The molecule has 1 rings (SSSR count). The van der Waals surface area contributed by atoms with Crippen LogP contribution in [0.2, 0.25) is 0 Å². The van der Waals surface area contributed by atoms with E-state index in [1.54, 1.807) is 0 Å². The third-order valence-corrected chi connectivity index (χ3v) is 1.31. The number of esters is 1. The van der Waals surface area contributed by atoms with Gasteiger partial charge in [0.2, 0.25) is 0 Å². The zero-order chi connectivity index (χ0) is 8.27. The molecule has 0 spiro atoms. The van der Waals surface area contributed by atoms with Crippen LogP contribution in [0, 0.1) is 4.64 Å². The van der Waals surface area contributed by atoms with Crippen LogP contribution in [0.5, 0.6) is 0 Å². The number of aromatic nitrogens is 2. The maximum Gasteiger partial charge on any atom is 0.354 e. The molecule has 1 aromatic heterocycles. The van der Waals surface area contributed by atoms with E-state index in [0.29, 0.717) is 10.3 Å². The number of methoxy groups -OCH3 is 1. The Hall–Kier alpha value is -1.23. The van der Waals surface area contributed by atoms with E-state index in [9.17, 15) is 4.79 Å². The van der Waals surface area contributed by atoms with Crippen LogP contribution in [0.3, 0.4) is 0 Å². The molecule has 0 unspecified atom stereocenters. The van der Waals surface area contributed by atoms with E-state index in [2.05, 4.69) is 14.7 Å². The summed E-state index contributed by atoms with van der Waals surface area (Å²) >= 11 is 4.73. The molecule has 1 heterocycles. The first kappa shape index (κ1) is 7.87. The fourth-order valence-corrected chi connectivity index (χ4v) is 0.766. The van der Waals surface area contributed by atoms with Gasteiger partial charge in [0, 0.05) is 6.07 Å². The van der Waals surface area contributed by atoms with Gasteiger partial charge in [-0.05, 0) is 0 Å². The second kappa shape index (κ2) is 3.25. The summed E-state index contributed by atoms with van der Waals surface area (Å²) in [5.41, 5.74) is 0.313. The Bertz CT molecular complexity index is 320. The molecule has 5 heteroatoms. The summed E-state index contributed by atoms with van der Waals surface area (Å²) in [4.78, 5) is 17.2. The van der Waals surface area contributed by atoms with Crippen LogP contribution in [0.25, 0.3) is 0 Å². The Kier molecular flexibility index (Phi) is 2.32. The molecule has 0 saturated carbocycles. The largest absolute Gasteiger partial charge is 0.464 e. The lowest BCUT2D eigenvalue weighted by Gasteiger charge is -1.96. The van der Waals surface area contributed by atoms with Gasteiger partial charge in [0.25, 0.3) is 0 Å². The molecule has 0 radical (unpaired) electrons. The van der Waals surface area contributed by atoms with E-state index in [1.807, 2.05) is 0 Å². The molecular weight excluding hydrogens is 164 g/mol. The number of carbonyl (C=O) groups excluding carboxylic acids is 1. The van der Waals surface area contributed by atoms with E-state index in [4.69, 9.17) is 12.2 Å². The fraction of sp³-hybridized carbons (Fsp3) is 0.167. The van der Waals surface area contributed by atoms with Gasteiger partial charge < -0.3 is 9.72 Å². The molecule has 0 amide bonds. The lowest BCUT2D eigenvalue weighted by molar-refractivity contribution is 0.0593. The van der Waals surface area contributed by atoms with Crippen molar-refractivity contribution in [2.24, 2.45) is 0 Å². The molecule has 0 aromatic carbocycles. The van der Waals surface area contributed by atoms with Crippen LogP contribution < -0.4 is 0 Å². The van der Waals surface area contributed by atoms with Gasteiger partial charge in [-0.2, -0.15) is 0 Å². The summed E-state index contributed by atoms with van der Waals surface area (Å²) < 4.78 is 4.81. The SMILES string of the molecule is COC(=O)c1cc(=S)nc[nH]1. The lowest BCUT2D eigenvalue weighted by atomic mass is 10.4. The van der Waals surface area contributed by atoms with Crippen molar-refractivity contribution in [3.63, 3.8) is 0 Å². The first-order chi connectivity index (χ1) is 5.24. The Balaban J connectivity index is 3.05. The number of ether oxygens (including phenoxy) is 1. The molecule has 0 fully saturated rings. The lowest BCUT2D eigenvalue weighted by Crippen LogP contribution is -2.03. The highest BCUT2D eigenvalue weighted by Gasteiger charge is 2.03. The number of hydrogen-bond acceptors (Lipinski definition) is 4. The maximum absolute atomic E-state index is 10.8. The topological polar surface area (TPSA) is 55.0 Å². The third-order valence-electron chi connectivity index (χ3n) is 1.08. The zero-order valence-corrected chi connectivity index (χ0v) is 6.64. The molecule has 11 heavy (non-hydrogen) atoms. The minimum absolute atomic E-state index is 0.313. The van der Waals surface area contributed by atoms with Gasteiger partial charge in [0.05, 0.1) is 13.4 Å². The Labute approximate surface area is 68.2 Å². The van der Waals surface area contributed by atoms with Crippen LogP contribution in [0.1, 0.15) is 10.5 Å². The second-order valence-electron chi connectivity index (χ2n) is 1.79. The highest BCUT2D eigenvalue weighted by Crippen LogP contribution is 1.94. The number of carbonyl (C=O) groups is 1. The number of nitrogens with one attached hydrogen (secondary N) is 1. The number of hydrogen-bond donors (Lipinski definition) is 1. The van der Waals surface area contributed by atoms with Crippen molar-refractivity contribution in [2.45, 2.75) is 0 Å². The summed E-state index contributed by atoms with van der Waals surface area (Å²) in [6, 6.07) is 1.45. The van der Waals surface area contributed by atoms with Gasteiger partial charge in [-0.3, -0.25) is 0 Å². The van der Waals surface area contributed by atoms with Gasteiger partial charge in [-0.25, -0.2) is 9.78 Å². The van der Waals surface area contributed by atoms with Crippen molar-refractivity contribution < 1.29 is 9.53 Å². The molecule has 1 aromatic rings. The van der Waals surface area contributed by atoms with Gasteiger partial charge in [0.15, 0.2) is 0 Å². The Morgan fingerprint density at radius 2 is 2.55 bits per heavy atom. The Morgan fingerprint density at radius 3 is 3.09 bits per heavy atom. The van der Waals surface area contributed by atoms with Crippen molar-refractivity contribution in [1.82, 2.24) is 9.97 Å². The van der Waals surface area contributed by atoms with E-state index >= 15 is 0 Å². The first-order valence-electron chi connectivity index (χ1n) is 2.87. The molecule has 0 aliphatic carbocycles. The molecule has 58 valence electrons. The van der Waals surface area contributed by atoms with Crippen LogP contribution in [-0.4, -0.2) is 23.0 Å². The third kappa shape index (κ3) is 1.84. The molecule has 0 aliphatic rings. The number of rotatable bonds is 1. The highest BCUT2D eigenvalue weighted by molar-refractivity contribution is 7.71. The van der Waals surface area contributed by atoms with Crippen molar-refractivity contribution in [1.29, 1.82) is 0 Å². The quantitative estimate of drug-likeness (QED) is 0.503. The van der Waals surface area contributed by atoms with Crippen LogP contribution in [0.15, 0.2) is 12.4 Å². The standard InChI is InChI=1S/C6H6N2O2S/c1-10-6(9)4-2-5(11)8-3-7-4/h2-3H,1H3,(H,7,8,11). The number of H-pyrrole nitrogens is 1. The average Bonchev–Trinajstić information content (AvgIpc) is 2.03. The molecule has 0 saturated heterocycles. The Morgan fingerprint density at radius 1 is 1.82 bits per heavy atom. The second-order valence-corrected chi connectivity index (χ2v) is 2.21. The fourth-order valence-electron chi connectivity index (χ4n) is 0.596. The number of aromatic amines is 1. The van der Waals surface area contributed by atoms with E-state index in [0.717, 1.165) is 0 Å². The maximum atomic E-state index is 10.8. The molecule has 0 atom stereocenters. The van der Waals surface area contributed by atoms with Crippen molar-refractivity contribution >= 4 is 18.2 Å². The van der Waals surface area contributed by atoms with Crippen LogP contribution in [-0.2, 0) is 4.74 Å². The molecule has 1 N–H and O–H groups in total. The summed E-state index contributed by atoms with van der Waals surface area (Å²) in [6.45, 7) is 0. The predicted molar refractivity (Wildman–Crippen MR) is 40.8 cm³/mol. The normalized spacial score (nSPS) is 9.18. The molecule has 4 nitrogen and oxygen atoms in total. The monoisotopic (exact) mass is 170 g/mol. The van der Waals surface area contributed by atoms with Crippen molar-refractivity contribution in [3.05, 3.63) is 22.7 Å². The van der Waals surface area contributed by atoms with Gasteiger partial charge in [-0.1, -0.05) is 12.2 Å². The summed E-state index contributed by atoms with van der Waals surface area (Å²) in [5.74, 6) is -0.446. The summed E-state index contributed by atoms with van der Waals surface area (Å²) in [5, 5.41) is 0. The summed E-state index contributed by atoms with van der Waals surface area (Å²) in [7, 11) is 1.31. The van der Waals surface area contributed by atoms with E-state index in [1.165, 1.54) is 19.5 Å². The molecular formula is C6H6N2O2S. The summed E-state index contributed by atoms with van der Waals surface area (Å²) in [6.07, 6.45) is 1.36. The van der Waals surface area contributed by atoms with Gasteiger partial charge in [0.1, 0.15) is 10.3 Å². The molecule has 0 bridgehead atoms. The van der Waals surface area contributed by atoms with Crippen LogP contribution >= 0.6 is 12.2 Å². The minimum atomic E-state index is -0.446. The minimum Gasteiger partial charge on any atom is -0.464 e. The van der Waals surface area contributed by atoms with E-state index < -0.39 is 5.97 Å². The van der Waals surface area contributed by atoms with Crippen molar-refractivity contribution in [2.75, 3.05) is 7.11 Å². The predicted octanol–water partition coefficient (Wildman–Crippen LogP) is 0.926. The zero-order valence-electron chi connectivity index (χ0n) is 5.83. The first-order valence-corrected chi connectivity index (χ1v) is 3.28. The average molecular weight is 170 g/mol. The van der Waals surface area contributed by atoms with Gasteiger partial charge >= 0.3 is 5.97 Å².